The van der Waals surface area contributed by atoms with Gasteiger partial charge >= 0.3 is 6.01 Å². The summed E-state index contributed by atoms with van der Waals surface area (Å²) in [7, 11) is 0. The van der Waals surface area contributed by atoms with Crippen molar-refractivity contribution in [3.63, 3.8) is 0 Å². The molecule has 4 aliphatic rings. The van der Waals surface area contributed by atoms with Gasteiger partial charge in [0, 0.05) is 75.4 Å². The van der Waals surface area contributed by atoms with Crippen molar-refractivity contribution in [3.05, 3.63) is 82.6 Å². The number of likely N-dealkylation sites (tertiary alicyclic amines) is 1. The van der Waals surface area contributed by atoms with Gasteiger partial charge < -0.3 is 44.6 Å². The number of hydrogen-bond donors (Lipinski definition) is 5. The number of aromatic nitrogens is 2. The molecule has 70 heavy (non-hydrogen) atoms. The molecule has 3 saturated heterocycles. The van der Waals surface area contributed by atoms with Crippen LogP contribution in [0, 0.1) is 5.82 Å². The Bertz CT molecular complexity index is 2860. The van der Waals surface area contributed by atoms with Gasteiger partial charge in [-0.25, -0.2) is 4.39 Å². The molecular weight excluding hydrogens is 931 g/mol. The van der Waals surface area contributed by atoms with Gasteiger partial charge in [-0.05, 0) is 72.9 Å². The predicted molar refractivity (Wildman–Crippen MR) is 254 cm³/mol. The summed E-state index contributed by atoms with van der Waals surface area (Å²) in [6.07, 6.45) is -0.876. The number of fused-ring (bicyclic) bond motifs is 3. The number of aromatic hydroxyl groups is 1. The minimum Gasteiger partial charge on any atom is -0.508 e. The number of amides is 5. The zero-order valence-electron chi connectivity index (χ0n) is 38.2. The fourth-order valence-electron chi connectivity index (χ4n) is 9.64. The molecule has 3 fully saturated rings. The molecule has 5 aromatic rings. The fraction of sp³-hybridized carbons (Fsp3) is 0.408. The molecule has 1 unspecified atom stereocenters. The van der Waals surface area contributed by atoms with Gasteiger partial charge in [-0.3, -0.25) is 39.1 Å². The Balaban J connectivity index is 0.783. The van der Waals surface area contributed by atoms with Crippen molar-refractivity contribution in [2.24, 2.45) is 0 Å². The molecule has 5 N–H and O–H groups in total. The monoisotopic (exact) mass is 982 g/mol. The van der Waals surface area contributed by atoms with Crippen LogP contribution in [0.15, 0.2) is 60.7 Å². The number of phenols is 1. The van der Waals surface area contributed by atoms with Crippen molar-refractivity contribution in [1.82, 2.24) is 30.0 Å². The molecule has 0 bridgehead atoms. The number of imide groups is 2. The second-order valence-electron chi connectivity index (χ2n) is 17.7. The van der Waals surface area contributed by atoms with Crippen LogP contribution in [0.3, 0.4) is 0 Å². The lowest BCUT2D eigenvalue weighted by atomic mass is 9.96. The second-order valence-corrected chi connectivity index (χ2v) is 18.1. The third-order valence-corrected chi connectivity index (χ3v) is 13.3. The van der Waals surface area contributed by atoms with Crippen LogP contribution in [-0.4, -0.2) is 166 Å². The number of ether oxygens (including phenoxy) is 3. The minimum absolute atomic E-state index is 0.0207. The van der Waals surface area contributed by atoms with Crippen LogP contribution < -0.4 is 20.3 Å². The van der Waals surface area contributed by atoms with E-state index in [1.165, 1.54) is 11.0 Å². The summed E-state index contributed by atoms with van der Waals surface area (Å²) in [4.78, 5) is 78.7. The Morgan fingerprint density at radius 2 is 1.66 bits per heavy atom. The maximum absolute atomic E-state index is 17.1. The lowest BCUT2D eigenvalue weighted by Crippen LogP contribution is -2.54. The van der Waals surface area contributed by atoms with Crippen LogP contribution >= 0.6 is 11.6 Å². The first-order valence-corrected chi connectivity index (χ1v) is 23.6. The van der Waals surface area contributed by atoms with Crippen molar-refractivity contribution < 1.29 is 57.9 Å². The van der Waals surface area contributed by atoms with Crippen molar-refractivity contribution >= 4 is 74.3 Å². The number of benzene rings is 4. The SMILES string of the molecule is C[C@H](CN1CCC(OCCOCCNc2cccc3c2C(=O)N(C2CCC(=O)NC2=O)C3=O)CC1)Oc1nc(N2CCN(C(=O)C(O)O)CC2)c2cc(Cl)c(-c3cc(O)cc4ccccc34)c(F)c2n1. The number of halogens is 2. The average Bonchev–Trinajstić information content (AvgIpc) is 3.60. The Labute approximate surface area is 406 Å². The van der Waals surface area contributed by atoms with Crippen molar-refractivity contribution in [3.8, 4) is 22.9 Å². The number of phenolic OH excluding ortho intramolecular Hbond substituents is 1. The van der Waals surface area contributed by atoms with E-state index in [0.717, 1.165) is 30.8 Å². The van der Waals surface area contributed by atoms with Gasteiger partial charge in [0.15, 0.2) is 5.82 Å². The van der Waals surface area contributed by atoms with Crippen LogP contribution in [0.4, 0.5) is 15.9 Å². The van der Waals surface area contributed by atoms with E-state index < -0.39 is 53.8 Å². The zero-order valence-corrected chi connectivity index (χ0v) is 39.0. The molecule has 5 heterocycles. The van der Waals surface area contributed by atoms with Crippen LogP contribution in [-0.2, 0) is 23.9 Å². The smallest absolute Gasteiger partial charge is 0.319 e. The van der Waals surface area contributed by atoms with Gasteiger partial charge in [-0.1, -0.05) is 41.9 Å². The molecule has 4 aromatic carbocycles. The number of carbonyl (C=O) groups is 5. The number of aliphatic hydroxyl groups excluding tert-OH is 1. The number of nitrogens with zero attached hydrogens (tertiary/aromatic N) is 6. The van der Waals surface area contributed by atoms with E-state index in [0.29, 0.717) is 66.1 Å². The summed E-state index contributed by atoms with van der Waals surface area (Å²) in [5.74, 6) is -3.52. The number of piperazine rings is 1. The van der Waals surface area contributed by atoms with Crippen molar-refractivity contribution in [2.75, 3.05) is 82.4 Å². The molecular formula is C49H52ClFN8O11. The number of aliphatic hydroxyl groups is 2. The van der Waals surface area contributed by atoms with Crippen LogP contribution in [0.1, 0.15) is 53.3 Å². The van der Waals surface area contributed by atoms with Crippen LogP contribution in [0.2, 0.25) is 5.02 Å². The fourth-order valence-corrected chi connectivity index (χ4v) is 9.93. The molecule has 21 heteroatoms. The molecule has 5 amide bonds. The van der Waals surface area contributed by atoms with Crippen LogP contribution in [0.25, 0.3) is 32.8 Å². The normalized spacial score (nSPS) is 18.5. The Morgan fingerprint density at radius 1 is 0.886 bits per heavy atom. The van der Waals surface area contributed by atoms with Gasteiger partial charge in [-0.2, -0.15) is 9.97 Å². The first-order valence-electron chi connectivity index (χ1n) is 23.2. The molecule has 2 atom stereocenters. The molecule has 368 valence electrons. The Hall–Kier alpha value is -6.55. The van der Waals surface area contributed by atoms with E-state index in [4.69, 9.17) is 30.8 Å². The maximum atomic E-state index is 17.1. The first-order chi connectivity index (χ1) is 33.7. The van der Waals surface area contributed by atoms with E-state index >= 15 is 4.39 Å². The number of anilines is 2. The van der Waals surface area contributed by atoms with Gasteiger partial charge in [0.1, 0.15) is 29.2 Å². The molecule has 0 radical (unpaired) electrons. The first kappa shape index (κ1) is 48.5. The van der Waals surface area contributed by atoms with E-state index in [9.17, 15) is 39.3 Å². The summed E-state index contributed by atoms with van der Waals surface area (Å²) in [6, 6.07) is 15.7. The molecule has 0 saturated carbocycles. The summed E-state index contributed by atoms with van der Waals surface area (Å²) in [5, 5.41) is 36.7. The van der Waals surface area contributed by atoms with Gasteiger partial charge in [0.25, 0.3) is 17.7 Å². The molecule has 1 aromatic heterocycles. The van der Waals surface area contributed by atoms with Crippen molar-refractivity contribution in [2.45, 2.75) is 57.1 Å². The summed E-state index contributed by atoms with van der Waals surface area (Å²) < 4.78 is 35.3. The maximum Gasteiger partial charge on any atom is 0.319 e. The highest BCUT2D eigenvalue weighted by atomic mass is 35.5. The largest absolute Gasteiger partial charge is 0.508 e. The van der Waals surface area contributed by atoms with Gasteiger partial charge in [-0.15, -0.1) is 0 Å². The second kappa shape index (κ2) is 20.8. The Kier molecular flexibility index (Phi) is 14.4. The average molecular weight is 983 g/mol. The van der Waals surface area contributed by atoms with Gasteiger partial charge in [0.2, 0.25) is 18.1 Å². The third kappa shape index (κ3) is 10.1. The summed E-state index contributed by atoms with van der Waals surface area (Å²) >= 11 is 6.88. The topological polar surface area (TPSA) is 237 Å². The number of piperidine rings is 2. The highest BCUT2D eigenvalue weighted by Crippen LogP contribution is 2.43. The quantitative estimate of drug-likeness (QED) is 0.0539. The molecule has 19 nitrogen and oxygen atoms in total. The number of carbonyl (C=O) groups excluding carboxylic acids is 5. The lowest BCUT2D eigenvalue weighted by molar-refractivity contribution is -0.159. The van der Waals surface area contributed by atoms with Crippen LogP contribution in [0.5, 0.6) is 11.8 Å². The Morgan fingerprint density at radius 3 is 2.41 bits per heavy atom. The zero-order chi connectivity index (χ0) is 49.2. The lowest BCUT2D eigenvalue weighted by Gasteiger charge is -2.36. The number of hydrogen-bond acceptors (Lipinski definition) is 16. The van der Waals surface area contributed by atoms with Gasteiger partial charge in [0.05, 0.1) is 42.1 Å². The highest BCUT2D eigenvalue weighted by Gasteiger charge is 2.45. The summed E-state index contributed by atoms with van der Waals surface area (Å²) in [6.45, 7) is 6.04. The van der Waals surface area contributed by atoms with E-state index in [1.807, 2.05) is 36.1 Å². The molecule has 9 rings (SSSR count). The summed E-state index contributed by atoms with van der Waals surface area (Å²) in [5.41, 5.74) is 1.22. The third-order valence-electron chi connectivity index (χ3n) is 13.0. The van der Waals surface area contributed by atoms with E-state index in [2.05, 4.69) is 20.5 Å². The van der Waals surface area contributed by atoms with E-state index in [1.54, 1.807) is 30.3 Å². The highest BCUT2D eigenvalue weighted by molar-refractivity contribution is 6.35. The number of rotatable bonds is 16. The number of nitrogens with one attached hydrogen (secondary N) is 2. The van der Waals surface area contributed by atoms with E-state index in [-0.39, 0.29) is 84.1 Å². The standard InChI is InChI=1S/C49H52ClFN8O11/c1-27(26-56-14-11-30(12-15-56)69-22-21-68-20-13-52-36-8-4-7-32-40(36)46(64)59(45(32)63)37-9-10-38(61)53-44(37)62)70-49-54-42-34(43(55-49)57-16-18-58(19-17-57)47(65)48(66)67)25-35(50)39(41(42)51)33-24-29(60)23-28-5-2-3-6-31(28)33/h2-8,23-25,27,30,37,48,52,60,66-67H,9-22,26H2,1H3,(H,53,61,62)/t27-,37?/m1/s1. The molecule has 4 aliphatic heterocycles. The minimum atomic E-state index is -2.13. The molecule has 0 spiro atoms. The predicted octanol–water partition coefficient (Wildman–Crippen LogP) is 3.69. The molecule has 0 aliphatic carbocycles. The van der Waals surface area contributed by atoms with Crippen molar-refractivity contribution in [1.29, 1.82) is 0 Å².